The van der Waals surface area contributed by atoms with Gasteiger partial charge in [-0.3, -0.25) is 10.2 Å². The molecule has 1 aromatic heterocycles. The number of hydrogen-bond acceptors (Lipinski definition) is 4. The van der Waals surface area contributed by atoms with E-state index in [0.29, 0.717) is 17.6 Å². The topological polar surface area (TPSA) is 57.3 Å². The van der Waals surface area contributed by atoms with Crippen LogP contribution in [0.2, 0.25) is 0 Å². The molecule has 26 heavy (non-hydrogen) atoms. The summed E-state index contributed by atoms with van der Waals surface area (Å²) in [6, 6.07) is 10.6. The van der Waals surface area contributed by atoms with E-state index in [1.807, 2.05) is 6.07 Å². The average Bonchev–Trinajstić information content (AvgIpc) is 3.41. The molecule has 0 bridgehead atoms. The van der Waals surface area contributed by atoms with Gasteiger partial charge in [-0.15, -0.1) is 11.3 Å². The van der Waals surface area contributed by atoms with E-state index in [9.17, 15) is 4.79 Å². The highest BCUT2D eigenvalue weighted by Gasteiger charge is 2.26. The highest BCUT2D eigenvalue weighted by atomic mass is 32.1. The molecule has 3 rings (SSSR count). The first-order chi connectivity index (χ1) is 12.7. The number of anilines is 1. The fourth-order valence-corrected chi connectivity index (χ4v) is 4.01. The van der Waals surface area contributed by atoms with Gasteiger partial charge in [0.05, 0.1) is 5.69 Å². The van der Waals surface area contributed by atoms with Crippen LogP contribution in [0.4, 0.5) is 9.93 Å². The fourth-order valence-electron chi connectivity index (χ4n) is 3.22. The number of rotatable bonds is 9. The number of hydrogen-bond donors (Lipinski definition) is 2. The van der Waals surface area contributed by atoms with Crippen molar-refractivity contribution in [3.63, 3.8) is 0 Å². The summed E-state index contributed by atoms with van der Waals surface area (Å²) in [6.07, 6.45) is 3.37. The minimum atomic E-state index is -0.174. The van der Waals surface area contributed by atoms with E-state index >= 15 is 0 Å². The van der Waals surface area contributed by atoms with Gasteiger partial charge in [0.25, 0.3) is 0 Å². The predicted octanol–water partition coefficient (Wildman–Crippen LogP) is 4.10. The van der Waals surface area contributed by atoms with E-state index in [1.165, 1.54) is 29.7 Å². The lowest BCUT2D eigenvalue weighted by Gasteiger charge is -2.30. The third kappa shape index (κ3) is 5.29. The highest BCUT2D eigenvalue weighted by molar-refractivity contribution is 7.13. The van der Waals surface area contributed by atoms with Crippen molar-refractivity contribution >= 4 is 22.5 Å². The second kappa shape index (κ2) is 9.14. The van der Waals surface area contributed by atoms with Gasteiger partial charge in [0.15, 0.2) is 5.13 Å². The Balaban J connectivity index is 1.54. The highest BCUT2D eigenvalue weighted by Crippen LogP contribution is 2.40. The van der Waals surface area contributed by atoms with Gasteiger partial charge in [0.2, 0.25) is 0 Å². The minimum Gasteiger partial charge on any atom is -0.336 e. The number of benzene rings is 1. The van der Waals surface area contributed by atoms with Crippen LogP contribution < -0.4 is 10.6 Å². The molecule has 1 aliphatic rings. The largest absolute Gasteiger partial charge is 0.336 e. The summed E-state index contributed by atoms with van der Waals surface area (Å²) in [6.45, 7) is 6.87. The van der Waals surface area contributed by atoms with Gasteiger partial charge in [-0.25, -0.2) is 9.78 Å². The summed E-state index contributed by atoms with van der Waals surface area (Å²) in [7, 11) is 0. The third-order valence-electron chi connectivity index (χ3n) is 4.88. The Bertz CT molecular complexity index is 695. The Kier molecular flexibility index (Phi) is 6.63. The summed E-state index contributed by atoms with van der Waals surface area (Å²) in [5.41, 5.74) is 2.41. The van der Waals surface area contributed by atoms with Crippen molar-refractivity contribution in [2.24, 2.45) is 0 Å². The number of carbonyl (C=O) groups is 1. The molecule has 1 unspecified atom stereocenters. The van der Waals surface area contributed by atoms with Gasteiger partial charge in [-0.2, -0.15) is 0 Å². The quantitative estimate of drug-likeness (QED) is 0.697. The average molecular weight is 373 g/mol. The molecule has 1 fully saturated rings. The monoisotopic (exact) mass is 372 g/mol. The Morgan fingerprint density at radius 1 is 1.27 bits per heavy atom. The molecule has 1 saturated carbocycles. The number of urea groups is 1. The molecule has 0 saturated heterocycles. The molecular weight excluding hydrogens is 344 g/mol. The van der Waals surface area contributed by atoms with Crippen molar-refractivity contribution in [3.05, 3.63) is 47.0 Å². The predicted molar refractivity (Wildman–Crippen MR) is 108 cm³/mol. The number of thiazole rings is 1. The van der Waals surface area contributed by atoms with E-state index in [0.717, 1.165) is 25.2 Å². The number of likely N-dealkylation sites (N-methyl/N-ethyl adjacent to an activating group) is 1. The zero-order valence-electron chi connectivity index (χ0n) is 15.6. The van der Waals surface area contributed by atoms with Gasteiger partial charge in [0.1, 0.15) is 0 Å². The SMILES string of the molecule is CCN(CC)C(CNC(=O)Nc1nc(C2CC2)cs1)Cc1ccccc1. The molecule has 2 aromatic rings. The lowest BCUT2D eigenvalue weighted by atomic mass is 10.0. The smallest absolute Gasteiger partial charge is 0.321 e. The maximum absolute atomic E-state index is 12.3. The van der Waals surface area contributed by atoms with Crippen LogP contribution in [-0.4, -0.2) is 41.6 Å². The van der Waals surface area contributed by atoms with Crippen molar-refractivity contribution < 1.29 is 4.79 Å². The zero-order valence-corrected chi connectivity index (χ0v) is 16.4. The Morgan fingerprint density at radius 3 is 2.65 bits per heavy atom. The van der Waals surface area contributed by atoms with Gasteiger partial charge >= 0.3 is 6.03 Å². The Hall–Kier alpha value is -1.92. The first-order valence-corrected chi connectivity index (χ1v) is 10.4. The molecule has 1 atom stereocenters. The molecule has 0 aliphatic heterocycles. The number of amides is 2. The van der Waals surface area contributed by atoms with Crippen LogP contribution in [0.3, 0.4) is 0 Å². The van der Waals surface area contributed by atoms with Crippen LogP contribution in [0.1, 0.15) is 43.9 Å². The summed E-state index contributed by atoms with van der Waals surface area (Å²) in [5.74, 6) is 0.614. The van der Waals surface area contributed by atoms with Gasteiger partial charge in [0, 0.05) is 23.9 Å². The third-order valence-corrected chi connectivity index (χ3v) is 5.66. The molecule has 140 valence electrons. The first kappa shape index (κ1) is 18.9. The number of carbonyl (C=O) groups excluding carboxylic acids is 1. The van der Waals surface area contributed by atoms with E-state index < -0.39 is 0 Å². The Labute approximate surface area is 159 Å². The Morgan fingerprint density at radius 2 is 2.00 bits per heavy atom. The molecular formula is C20H28N4OS. The van der Waals surface area contributed by atoms with Crippen LogP contribution in [-0.2, 0) is 6.42 Å². The molecule has 1 aliphatic carbocycles. The van der Waals surface area contributed by atoms with Crippen molar-refractivity contribution in [3.8, 4) is 0 Å². The standard InChI is InChI=1S/C20H28N4OS/c1-3-24(4-2)17(12-15-8-6-5-7-9-15)13-21-19(25)23-20-22-18(14-26-20)16-10-11-16/h5-9,14,16-17H,3-4,10-13H2,1-2H3,(H2,21,22,23,25). The lowest BCUT2D eigenvalue weighted by Crippen LogP contribution is -2.46. The van der Waals surface area contributed by atoms with E-state index in [-0.39, 0.29) is 12.1 Å². The maximum Gasteiger partial charge on any atom is 0.321 e. The molecule has 0 radical (unpaired) electrons. The molecule has 6 heteroatoms. The van der Waals surface area contributed by atoms with Gasteiger partial charge < -0.3 is 5.32 Å². The number of aromatic nitrogens is 1. The van der Waals surface area contributed by atoms with Crippen molar-refractivity contribution in [1.82, 2.24) is 15.2 Å². The van der Waals surface area contributed by atoms with Crippen LogP contribution >= 0.6 is 11.3 Å². The number of nitrogens with zero attached hydrogens (tertiary/aromatic N) is 2. The van der Waals surface area contributed by atoms with Crippen LogP contribution in [0, 0.1) is 0 Å². The fraction of sp³-hybridized carbons (Fsp3) is 0.500. The molecule has 2 N–H and O–H groups in total. The van der Waals surface area contributed by atoms with Crippen molar-refractivity contribution in [2.75, 3.05) is 25.0 Å². The zero-order chi connectivity index (χ0) is 18.4. The summed E-state index contributed by atoms with van der Waals surface area (Å²) < 4.78 is 0. The van der Waals surface area contributed by atoms with Gasteiger partial charge in [-0.1, -0.05) is 44.2 Å². The van der Waals surface area contributed by atoms with Crippen molar-refractivity contribution in [1.29, 1.82) is 0 Å². The van der Waals surface area contributed by atoms with Crippen molar-refractivity contribution in [2.45, 2.75) is 45.1 Å². The normalized spacial score (nSPS) is 15.0. The molecule has 1 heterocycles. The van der Waals surface area contributed by atoms with E-state index in [1.54, 1.807) is 0 Å². The summed E-state index contributed by atoms with van der Waals surface area (Å²) in [5, 5.41) is 8.65. The summed E-state index contributed by atoms with van der Waals surface area (Å²) in [4.78, 5) is 19.2. The van der Waals surface area contributed by atoms with Crippen LogP contribution in [0.5, 0.6) is 0 Å². The minimum absolute atomic E-state index is 0.174. The van der Waals surface area contributed by atoms with E-state index in [2.05, 4.69) is 64.0 Å². The number of nitrogens with one attached hydrogen (secondary N) is 2. The van der Waals surface area contributed by atoms with Gasteiger partial charge in [-0.05, 0) is 37.9 Å². The molecule has 0 spiro atoms. The van der Waals surface area contributed by atoms with Crippen LogP contribution in [0.25, 0.3) is 0 Å². The second-order valence-corrected chi connectivity index (χ2v) is 7.61. The molecule has 2 amide bonds. The van der Waals surface area contributed by atoms with E-state index in [4.69, 9.17) is 0 Å². The molecule has 1 aromatic carbocycles. The second-order valence-electron chi connectivity index (χ2n) is 6.75. The summed E-state index contributed by atoms with van der Waals surface area (Å²) >= 11 is 1.50. The van der Waals surface area contributed by atoms with Crippen LogP contribution in [0.15, 0.2) is 35.7 Å². The lowest BCUT2D eigenvalue weighted by molar-refractivity contribution is 0.207. The first-order valence-electron chi connectivity index (χ1n) is 9.47. The maximum atomic E-state index is 12.3. The molecule has 5 nitrogen and oxygen atoms in total.